The number of hydrogen-bond acceptors (Lipinski definition) is 3. The van der Waals surface area contributed by atoms with Gasteiger partial charge in [0.2, 0.25) is 0 Å². The molecule has 0 amide bonds. The summed E-state index contributed by atoms with van der Waals surface area (Å²) in [4.78, 5) is 0. The normalized spacial score (nSPS) is 30.5. The SMILES string of the molecule is CC1NCCCC1OCC1CCOc2ccccc21. The van der Waals surface area contributed by atoms with E-state index in [9.17, 15) is 0 Å². The largest absolute Gasteiger partial charge is 0.493 e. The number of piperidine rings is 1. The van der Waals surface area contributed by atoms with Gasteiger partial charge in [0.05, 0.1) is 19.3 Å². The van der Waals surface area contributed by atoms with E-state index in [1.165, 1.54) is 18.4 Å². The van der Waals surface area contributed by atoms with E-state index >= 15 is 0 Å². The monoisotopic (exact) mass is 261 g/mol. The van der Waals surface area contributed by atoms with Crippen LogP contribution in [0.4, 0.5) is 0 Å². The van der Waals surface area contributed by atoms with Crippen molar-refractivity contribution in [3.05, 3.63) is 29.8 Å². The van der Waals surface area contributed by atoms with Crippen LogP contribution in [0, 0.1) is 0 Å². The molecule has 1 saturated heterocycles. The molecule has 1 aromatic carbocycles. The molecule has 2 heterocycles. The molecule has 1 aromatic rings. The van der Waals surface area contributed by atoms with Crippen molar-refractivity contribution in [1.82, 2.24) is 5.32 Å². The van der Waals surface area contributed by atoms with Gasteiger partial charge in [-0.15, -0.1) is 0 Å². The molecule has 3 heteroatoms. The van der Waals surface area contributed by atoms with Crippen molar-refractivity contribution in [3.8, 4) is 5.75 Å². The Hall–Kier alpha value is -1.06. The van der Waals surface area contributed by atoms with E-state index in [2.05, 4.69) is 30.4 Å². The molecule has 0 aromatic heterocycles. The number of fused-ring (bicyclic) bond motifs is 1. The van der Waals surface area contributed by atoms with Crippen LogP contribution in [0.2, 0.25) is 0 Å². The summed E-state index contributed by atoms with van der Waals surface area (Å²) in [5.74, 6) is 1.52. The lowest BCUT2D eigenvalue weighted by Gasteiger charge is -2.32. The highest BCUT2D eigenvalue weighted by molar-refractivity contribution is 5.37. The van der Waals surface area contributed by atoms with Crippen LogP contribution in [0.15, 0.2) is 24.3 Å². The van der Waals surface area contributed by atoms with Crippen molar-refractivity contribution in [3.63, 3.8) is 0 Å². The molecule has 2 aliphatic rings. The first-order valence-electron chi connectivity index (χ1n) is 7.41. The van der Waals surface area contributed by atoms with Crippen molar-refractivity contribution < 1.29 is 9.47 Å². The minimum Gasteiger partial charge on any atom is -0.493 e. The maximum absolute atomic E-state index is 6.17. The highest BCUT2D eigenvalue weighted by Crippen LogP contribution is 2.33. The fourth-order valence-corrected chi connectivity index (χ4v) is 3.07. The van der Waals surface area contributed by atoms with Gasteiger partial charge < -0.3 is 14.8 Å². The van der Waals surface area contributed by atoms with E-state index in [4.69, 9.17) is 9.47 Å². The summed E-state index contributed by atoms with van der Waals surface area (Å²) < 4.78 is 11.9. The van der Waals surface area contributed by atoms with Crippen LogP contribution in [-0.2, 0) is 4.74 Å². The van der Waals surface area contributed by atoms with Crippen molar-refractivity contribution in [2.24, 2.45) is 0 Å². The van der Waals surface area contributed by atoms with Crippen LogP contribution < -0.4 is 10.1 Å². The maximum atomic E-state index is 6.17. The zero-order valence-corrected chi connectivity index (χ0v) is 11.6. The minimum atomic E-state index is 0.365. The molecule has 1 N–H and O–H groups in total. The van der Waals surface area contributed by atoms with Crippen LogP contribution in [0.5, 0.6) is 5.75 Å². The Kier molecular flexibility index (Phi) is 4.04. The molecule has 0 spiro atoms. The summed E-state index contributed by atoms with van der Waals surface area (Å²) in [6, 6.07) is 8.83. The maximum Gasteiger partial charge on any atom is 0.122 e. The van der Waals surface area contributed by atoms with Gasteiger partial charge in [-0.2, -0.15) is 0 Å². The molecule has 0 radical (unpaired) electrons. The second kappa shape index (κ2) is 5.93. The van der Waals surface area contributed by atoms with E-state index in [1.807, 2.05) is 6.07 Å². The summed E-state index contributed by atoms with van der Waals surface area (Å²) in [6.45, 7) is 4.98. The zero-order chi connectivity index (χ0) is 13.1. The third kappa shape index (κ3) is 2.93. The first-order valence-corrected chi connectivity index (χ1v) is 7.41. The number of ether oxygens (including phenoxy) is 2. The van der Waals surface area contributed by atoms with Gasteiger partial charge in [-0.1, -0.05) is 18.2 Å². The lowest BCUT2D eigenvalue weighted by molar-refractivity contribution is 0.000651. The van der Waals surface area contributed by atoms with Gasteiger partial charge in [0.1, 0.15) is 5.75 Å². The van der Waals surface area contributed by atoms with E-state index in [0.717, 1.165) is 31.9 Å². The summed E-state index contributed by atoms with van der Waals surface area (Å²) >= 11 is 0. The van der Waals surface area contributed by atoms with Gasteiger partial charge in [0.15, 0.2) is 0 Å². The Morgan fingerprint density at radius 3 is 3.11 bits per heavy atom. The molecule has 2 aliphatic heterocycles. The highest BCUT2D eigenvalue weighted by atomic mass is 16.5. The van der Waals surface area contributed by atoms with Crippen molar-refractivity contribution >= 4 is 0 Å². The van der Waals surface area contributed by atoms with Gasteiger partial charge in [0, 0.05) is 12.0 Å². The van der Waals surface area contributed by atoms with E-state index < -0.39 is 0 Å². The fraction of sp³-hybridized carbons (Fsp3) is 0.625. The van der Waals surface area contributed by atoms with Gasteiger partial charge in [-0.25, -0.2) is 0 Å². The molecular formula is C16H23NO2. The molecule has 3 atom stereocenters. The molecule has 19 heavy (non-hydrogen) atoms. The number of hydrogen-bond donors (Lipinski definition) is 1. The molecule has 0 saturated carbocycles. The summed E-state index contributed by atoms with van der Waals surface area (Å²) in [7, 11) is 0. The van der Waals surface area contributed by atoms with Gasteiger partial charge >= 0.3 is 0 Å². The molecule has 1 fully saturated rings. The minimum absolute atomic E-state index is 0.365. The molecule has 0 bridgehead atoms. The topological polar surface area (TPSA) is 30.5 Å². The quantitative estimate of drug-likeness (QED) is 0.907. The summed E-state index contributed by atoms with van der Waals surface area (Å²) in [5, 5.41) is 3.49. The zero-order valence-electron chi connectivity index (χ0n) is 11.6. The van der Waals surface area contributed by atoms with Gasteiger partial charge in [-0.05, 0) is 44.4 Å². The first kappa shape index (κ1) is 12.9. The van der Waals surface area contributed by atoms with Crippen molar-refractivity contribution in [1.29, 1.82) is 0 Å². The second-order valence-electron chi connectivity index (χ2n) is 5.63. The van der Waals surface area contributed by atoms with Crippen LogP contribution in [0.1, 0.15) is 37.7 Å². The lowest BCUT2D eigenvalue weighted by Crippen LogP contribution is -2.44. The highest BCUT2D eigenvalue weighted by Gasteiger charge is 2.25. The van der Waals surface area contributed by atoms with Crippen molar-refractivity contribution in [2.45, 2.75) is 44.2 Å². The van der Waals surface area contributed by atoms with E-state index in [0.29, 0.717) is 18.1 Å². The summed E-state index contributed by atoms with van der Waals surface area (Å²) in [6.07, 6.45) is 3.83. The Morgan fingerprint density at radius 2 is 2.21 bits per heavy atom. The van der Waals surface area contributed by atoms with Gasteiger partial charge in [0.25, 0.3) is 0 Å². The van der Waals surface area contributed by atoms with Crippen LogP contribution in [0.25, 0.3) is 0 Å². The molecule has 104 valence electrons. The molecular weight excluding hydrogens is 238 g/mol. The fourth-order valence-electron chi connectivity index (χ4n) is 3.07. The Morgan fingerprint density at radius 1 is 1.32 bits per heavy atom. The molecule has 3 nitrogen and oxygen atoms in total. The average molecular weight is 261 g/mol. The van der Waals surface area contributed by atoms with Gasteiger partial charge in [-0.3, -0.25) is 0 Å². The Bertz CT molecular complexity index is 421. The number of rotatable bonds is 3. The van der Waals surface area contributed by atoms with E-state index in [-0.39, 0.29) is 0 Å². The first-order chi connectivity index (χ1) is 9.34. The smallest absolute Gasteiger partial charge is 0.122 e. The van der Waals surface area contributed by atoms with Crippen LogP contribution in [-0.4, -0.2) is 31.9 Å². The molecule has 3 rings (SSSR count). The van der Waals surface area contributed by atoms with Crippen molar-refractivity contribution in [2.75, 3.05) is 19.8 Å². The third-order valence-electron chi connectivity index (χ3n) is 4.28. The predicted octanol–water partition coefficient (Wildman–Crippen LogP) is 2.71. The standard InChI is InChI=1S/C16H23NO2/c1-12-15(7-4-9-17-12)19-11-13-8-10-18-16-6-3-2-5-14(13)16/h2-3,5-6,12-13,15,17H,4,7-11H2,1H3. The van der Waals surface area contributed by atoms with Crippen LogP contribution in [0.3, 0.4) is 0 Å². The Labute approximate surface area is 115 Å². The van der Waals surface area contributed by atoms with Crippen LogP contribution >= 0.6 is 0 Å². The molecule has 3 unspecified atom stereocenters. The number of nitrogens with one attached hydrogen (secondary N) is 1. The second-order valence-corrected chi connectivity index (χ2v) is 5.63. The lowest BCUT2D eigenvalue weighted by atomic mass is 9.93. The number of benzene rings is 1. The predicted molar refractivity (Wildman–Crippen MR) is 75.7 cm³/mol. The molecule has 0 aliphatic carbocycles. The Balaban J connectivity index is 1.61. The average Bonchev–Trinajstić information content (AvgIpc) is 2.46. The number of para-hydroxylation sites is 1. The summed E-state index contributed by atoms with van der Waals surface area (Å²) in [5.41, 5.74) is 1.31. The van der Waals surface area contributed by atoms with E-state index in [1.54, 1.807) is 0 Å². The third-order valence-corrected chi connectivity index (χ3v) is 4.28.